The Bertz CT molecular complexity index is 843. The van der Waals surface area contributed by atoms with E-state index in [1.54, 1.807) is 25.3 Å². The van der Waals surface area contributed by atoms with Crippen molar-refractivity contribution in [1.82, 2.24) is 5.43 Å². The third-order valence-corrected chi connectivity index (χ3v) is 4.63. The van der Waals surface area contributed by atoms with Crippen molar-refractivity contribution in [3.63, 3.8) is 0 Å². The predicted molar refractivity (Wildman–Crippen MR) is 109 cm³/mol. The molecule has 7 nitrogen and oxygen atoms in total. The molecule has 2 aromatic carbocycles. The van der Waals surface area contributed by atoms with E-state index in [4.69, 9.17) is 14.2 Å². The number of amides is 1. The molecule has 1 heterocycles. The summed E-state index contributed by atoms with van der Waals surface area (Å²) in [5, 5.41) is 4.22. The van der Waals surface area contributed by atoms with Crippen molar-refractivity contribution in [1.29, 1.82) is 0 Å². The molecular weight excluding hydrogens is 358 g/mol. The topological polar surface area (TPSA) is 72.4 Å². The van der Waals surface area contributed by atoms with Crippen LogP contribution in [0.4, 0.5) is 5.69 Å². The van der Waals surface area contributed by atoms with Crippen LogP contribution in [0, 0.1) is 0 Å². The number of carbonyl (C=O) groups excluding carboxylic acids is 1. The minimum atomic E-state index is -0.315. The third kappa shape index (κ3) is 4.61. The maximum absolute atomic E-state index is 12.4. The molecule has 0 radical (unpaired) electrons. The highest BCUT2D eigenvalue weighted by atomic mass is 16.5. The maximum atomic E-state index is 12.4. The number of methoxy groups -OCH3 is 2. The Morgan fingerprint density at radius 1 is 1.00 bits per heavy atom. The summed E-state index contributed by atoms with van der Waals surface area (Å²) in [6, 6.07) is 13.1. The van der Waals surface area contributed by atoms with Gasteiger partial charge in [-0.1, -0.05) is 12.1 Å². The molecule has 0 atom stereocenters. The Morgan fingerprint density at radius 3 is 2.29 bits per heavy atom. The summed E-state index contributed by atoms with van der Waals surface area (Å²) in [5.41, 5.74) is 5.87. The molecule has 1 amide bonds. The minimum Gasteiger partial charge on any atom is -0.493 e. The van der Waals surface area contributed by atoms with Gasteiger partial charge in [-0.15, -0.1) is 0 Å². The van der Waals surface area contributed by atoms with Crippen LogP contribution >= 0.6 is 0 Å². The van der Waals surface area contributed by atoms with Crippen molar-refractivity contribution in [3.8, 4) is 11.5 Å². The average Bonchev–Trinajstić information content (AvgIpc) is 2.77. The molecular formula is C21H25N3O4. The number of anilines is 1. The zero-order chi connectivity index (χ0) is 19.9. The normalized spacial score (nSPS) is 14.5. The molecule has 0 aliphatic carbocycles. The maximum Gasteiger partial charge on any atom is 0.271 e. The molecule has 1 N–H and O–H groups in total. The Labute approximate surface area is 164 Å². The molecule has 1 fully saturated rings. The Hall–Kier alpha value is -3.06. The number of hydrogen-bond donors (Lipinski definition) is 1. The lowest BCUT2D eigenvalue weighted by Crippen LogP contribution is -2.36. The summed E-state index contributed by atoms with van der Waals surface area (Å²) < 4.78 is 15.8. The van der Waals surface area contributed by atoms with E-state index in [0.717, 1.165) is 43.3 Å². The highest BCUT2D eigenvalue weighted by molar-refractivity contribution is 6.01. The van der Waals surface area contributed by atoms with Crippen LogP contribution in [0.2, 0.25) is 0 Å². The molecule has 0 bridgehead atoms. The summed E-state index contributed by atoms with van der Waals surface area (Å²) in [6.07, 6.45) is 0. The van der Waals surface area contributed by atoms with E-state index in [-0.39, 0.29) is 5.91 Å². The van der Waals surface area contributed by atoms with E-state index in [2.05, 4.69) is 27.6 Å². The van der Waals surface area contributed by atoms with Crippen molar-refractivity contribution in [2.24, 2.45) is 5.10 Å². The monoisotopic (exact) mass is 383 g/mol. The van der Waals surface area contributed by atoms with Crippen LogP contribution in [-0.4, -0.2) is 52.1 Å². The summed E-state index contributed by atoms with van der Waals surface area (Å²) in [7, 11) is 3.08. The number of nitrogens with zero attached hydrogens (tertiary/aromatic N) is 2. The fraction of sp³-hybridized carbons (Fsp3) is 0.333. The van der Waals surface area contributed by atoms with Gasteiger partial charge in [0.25, 0.3) is 5.91 Å². The number of hydrazone groups is 1. The summed E-state index contributed by atoms with van der Waals surface area (Å²) >= 11 is 0. The second-order valence-corrected chi connectivity index (χ2v) is 6.35. The highest BCUT2D eigenvalue weighted by Gasteiger charge is 2.12. The molecule has 28 heavy (non-hydrogen) atoms. The number of carbonyl (C=O) groups is 1. The molecule has 2 aromatic rings. The van der Waals surface area contributed by atoms with Crippen molar-refractivity contribution in [2.45, 2.75) is 6.92 Å². The number of morpholine rings is 1. The first-order valence-electron chi connectivity index (χ1n) is 9.12. The molecule has 1 saturated heterocycles. The van der Waals surface area contributed by atoms with E-state index in [9.17, 15) is 4.79 Å². The Morgan fingerprint density at radius 2 is 1.64 bits per heavy atom. The fourth-order valence-electron chi connectivity index (χ4n) is 2.98. The number of hydrogen-bond acceptors (Lipinski definition) is 6. The van der Waals surface area contributed by atoms with Crippen molar-refractivity contribution >= 4 is 17.3 Å². The van der Waals surface area contributed by atoms with Gasteiger partial charge in [0.1, 0.15) is 0 Å². The van der Waals surface area contributed by atoms with Crippen LogP contribution in [0.15, 0.2) is 47.6 Å². The molecule has 0 unspecified atom stereocenters. The predicted octanol–water partition coefficient (Wildman–Crippen LogP) is 2.69. The van der Waals surface area contributed by atoms with Gasteiger partial charge in [-0.05, 0) is 42.8 Å². The van der Waals surface area contributed by atoms with Crippen molar-refractivity contribution < 1.29 is 19.0 Å². The van der Waals surface area contributed by atoms with E-state index in [1.807, 2.05) is 19.1 Å². The van der Waals surface area contributed by atoms with Gasteiger partial charge in [-0.3, -0.25) is 4.79 Å². The van der Waals surface area contributed by atoms with Gasteiger partial charge >= 0.3 is 0 Å². The average molecular weight is 383 g/mol. The first kappa shape index (κ1) is 19.7. The summed E-state index contributed by atoms with van der Waals surface area (Å²) in [6.45, 7) is 5.16. The van der Waals surface area contributed by atoms with Gasteiger partial charge in [-0.25, -0.2) is 5.43 Å². The van der Waals surface area contributed by atoms with Crippen LogP contribution in [0.3, 0.4) is 0 Å². The third-order valence-electron chi connectivity index (χ3n) is 4.63. The molecule has 0 aromatic heterocycles. The molecule has 3 rings (SSSR count). The molecule has 148 valence electrons. The number of nitrogens with one attached hydrogen (secondary N) is 1. The molecule has 1 aliphatic heterocycles. The Balaban J connectivity index is 1.65. The molecule has 1 aliphatic rings. The zero-order valence-electron chi connectivity index (χ0n) is 16.4. The SMILES string of the molecule is COc1ccc(C(=O)N/N=C(\C)c2ccc(N3CCOCC3)cc2)cc1OC. The van der Waals surface area contributed by atoms with E-state index < -0.39 is 0 Å². The number of benzene rings is 2. The van der Waals surface area contributed by atoms with Crippen molar-refractivity contribution in [2.75, 3.05) is 45.4 Å². The highest BCUT2D eigenvalue weighted by Crippen LogP contribution is 2.27. The van der Waals surface area contributed by atoms with Crippen molar-refractivity contribution in [3.05, 3.63) is 53.6 Å². The van der Waals surface area contributed by atoms with E-state index >= 15 is 0 Å². The number of rotatable bonds is 6. The molecule has 0 spiro atoms. The molecule has 0 saturated carbocycles. The standard InChI is InChI=1S/C21H25N3O4/c1-15(16-4-7-18(8-5-16)24-10-12-28-13-11-24)22-23-21(25)17-6-9-19(26-2)20(14-17)27-3/h4-9,14H,10-13H2,1-3H3,(H,23,25)/b22-15+. The second kappa shape index (κ2) is 9.23. The lowest BCUT2D eigenvalue weighted by atomic mass is 10.1. The van der Waals surface area contributed by atoms with Crippen LogP contribution in [0.1, 0.15) is 22.8 Å². The summed E-state index contributed by atoms with van der Waals surface area (Å²) in [4.78, 5) is 14.7. The van der Waals surface area contributed by atoms with Crippen LogP contribution in [0.5, 0.6) is 11.5 Å². The van der Waals surface area contributed by atoms with Gasteiger partial charge < -0.3 is 19.1 Å². The minimum absolute atomic E-state index is 0.315. The van der Waals surface area contributed by atoms with Crippen LogP contribution in [-0.2, 0) is 4.74 Å². The number of ether oxygens (including phenoxy) is 3. The molecule has 7 heteroatoms. The van der Waals surface area contributed by atoms with Crippen LogP contribution in [0.25, 0.3) is 0 Å². The van der Waals surface area contributed by atoms with E-state index in [0.29, 0.717) is 17.1 Å². The van der Waals surface area contributed by atoms with E-state index in [1.165, 1.54) is 7.11 Å². The van der Waals surface area contributed by atoms with Gasteiger partial charge in [0.2, 0.25) is 0 Å². The van der Waals surface area contributed by atoms with Gasteiger partial charge in [0.15, 0.2) is 11.5 Å². The summed E-state index contributed by atoms with van der Waals surface area (Å²) in [5.74, 6) is 0.749. The first-order chi connectivity index (χ1) is 13.6. The quantitative estimate of drug-likeness (QED) is 0.613. The zero-order valence-corrected chi connectivity index (χ0v) is 16.4. The Kier molecular flexibility index (Phi) is 6.49. The largest absolute Gasteiger partial charge is 0.493 e. The van der Waals surface area contributed by atoms with Gasteiger partial charge in [0.05, 0.1) is 33.1 Å². The smallest absolute Gasteiger partial charge is 0.271 e. The first-order valence-corrected chi connectivity index (χ1v) is 9.12. The van der Waals surface area contributed by atoms with Gasteiger partial charge in [0, 0.05) is 24.3 Å². The fourth-order valence-corrected chi connectivity index (χ4v) is 2.98. The lowest BCUT2D eigenvalue weighted by Gasteiger charge is -2.28. The second-order valence-electron chi connectivity index (χ2n) is 6.35. The van der Waals surface area contributed by atoms with Gasteiger partial charge in [-0.2, -0.15) is 5.10 Å². The lowest BCUT2D eigenvalue weighted by molar-refractivity contribution is 0.0954. The van der Waals surface area contributed by atoms with Crippen LogP contribution < -0.4 is 19.8 Å².